The summed E-state index contributed by atoms with van der Waals surface area (Å²) in [6, 6.07) is 5.36. The lowest BCUT2D eigenvalue weighted by Gasteiger charge is -2.13. The van der Waals surface area contributed by atoms with E-state index in [1.54, 1.807) is 24.5 Å². The standard InChI is InChI=1S/C19H26N4O3S.HI/c1-12(2)15-11-27-17(23-15)10-22-19(20-3)21-9-13-6-7-14(18(24)26-5)16(8-13)25-4;/h6-8,11-12H,9-10H2,1-5H3,(H2,20,21,22);1H. The number of nitrogens with zero attached hydrogens (tertiary/aromatic N) is 2. The number of carbonyl (C=O) groups excluding carboxylic acids is 1. The number of hydrogen-bond donors (Lipinski definition) is 2. The van der Waals surface area contributed by atoms with Crippen LogP contribution in [0.4, 0.5) is 0 Å². The molecule has 7 nitrogen and oxygen atoms in total. The molecule has 0 bridgehead atoms. The van der Waals surface area contributed by atoms with Crippen LogP contribution in [0, 0.1) is 0 Å². The number of benzene rings is 1. The highest BCUT2D eigenvalue weighted by Gasteiger charge is 2.13. The highest BCUT2D eigenvalue weighted by Crippen LogP contribution is 2.21. The monoisotopic (exact) mass is 518 g/mol. The van der Waals surface area contributed by atoms with Crippen molar-refractivity contribution < 1.29 is 14.3 Å². The Balaban J connectivity index is 0.00000392. The molecule has 2 rings (SSSR count). The average Bonchev–Trinajstić information content (AvgIpc) is 3.16. The van der Waals surface area contributed by atoms with E-state index in [2.05, 4.69) is 39.8 Å². The average molecular weight is 518 g/mol. The van der Waals surface area contributed by atoms with E-state index in [4.69, 9.17) is 9.47 Å². The van der Waals surface area contributed by atoms with Crippen LogP contribution in [0.15, 0.2) is 28.6 Å². The molecule has 1 aromatic carbocycles. The second kappa shape index (κ2) is 11.8. The van der Waals surface area contributed by atoms with Gasteiger partial charge in [0.25, 0.3) is 0 Å². The van der Waals surface area contributed by atoms with Gasteiger partial charge in [0, 0.05) is 19.0 Å². The highest BCUT2D eigenvalue weighted by atomic mass is 127. The van der Waals surface area contributed by atoms with E-state index in [0.29, 0.717) is 36.3 Å². The van der Waals surface area contributed by atoms with Gasteiger partial charge in [0.15, 0.2) is 5.96 Å². The van der Waals surface area contributed by atoms with Gasteiger partial charge < -0.3 is 20.1 Å². The summed E-state index contributed by atoms with van der Waals surface area (Å²) in [5, 5.41) is 9.61. The molecule has 0 aliphatic carbocycles. The summed E-state index contributed by atoms with van der Waals surface area (Å²) in [6.07, 6.45) is 0. The van der Waals surface area contributed by atoms with Gasteiger partial charge in [0.1, 0.15) is 16.3 Å². The third-order valence-corrected chi connectivity index (χ3v) is 4.79. The van der Waals surface area contributed by atoms with E-state index in [9.17, 15) is 4.79 Å². The quantitative estimate of drug-likeness (QED) is 0.253. The number of thiazole rings is 1. The Morgan fingerprint density at radius 1 is 1.25 bits per heavy atom. The molecule has 0 spiro atoms. The van der Waals surface area contributed by atoms with Crippen molar-refractivity contribution in [1.82, 2.24) is 15.6 Å². The van der Waals surface area contributed by atoms with Crippen LogP contribution < -0.4 is 15.4 Å². The zero-order valence-corrected chi connectivity index (χ0v) is 19.9. The maximum Gasteiger partial charge on any atom is 0.341 e. The third kappa shape index (κ3) is 6.62. The topological polar surface area (TPSA) is 84.8 Å². The molecule has 0 aliphatic heterocycles. The second-order valence-corrected chi connectivity index (χ2v) is 7.07. The van der Waals surface area contributed by atoms with Crippen molar-refractivity contribution in [3.8, 4) is 5.75 Å². The van der Waals surface area contributed by atoms with Crippen molar-refractivity contribution in [2.75, 3.05) is 21.3 Å². The van der Waals surface area contributed by atoms with Crippen LogP contribution in [0.2, 0.25) is 0 Å². The minimum absolute atomic E-state index is 0. The number of nitrogens with one attached hydrogen (secondary N) is 2. The Hall–Kier alpha value is -1.88. The molecule has 0 saturated carbocycles. The lowest BCUT2D eigenvalue weighted by Crippen LogP contribution is -2.36. The predicted octanol–water partition coefficient (Wildman–Crippen LogP) is 3.54. The first kappa shape index (κ1) is 24.2. The van der Waals surface area contributed by atoms with Crippen LogP contribution >= 0.6 is 35.3 Å². The summed E-state index contributed by atoms with van der Waals surface area (Å²) in [5.41, 5.74) is 2.47. The van der Waals surface area contributed by atoms with Gasteiger partial charge in [0.2, 0.25) is 0 Å². The van der Waals surface area contributed by atoms with Gasteiger partial charge in [0.05, 0.1) is 26.5 Å². The molecular formula is C19H27IN4O3S. The van der Waals surface area contributed by atoms with Crippen LogP contribution in [0.5, 0.6) is 5.75 Å². The van der Waals surface area contributed by atoms with E-state index < -0.39 is 5.97 Å². The highest BCUT2D eigenvalue weighted by molar-refractivity contribution is 14.0. The fraction of sp³-hybridized carbons (Fsp3) is 0.421. The normalized spacial score (nSPS) is 11.0. The van der Waals surface area contributed by atoms with E-state index in [-0.39, 0.29) is 24.0 Å². The van der Waals surface area contributed by atoms with E-state index in [1.807, 2.05) is 12.1 Å². The first-order valence-electron chi connectivity index (χ1n) is 8.62. The molecule has 0 atom stereocenters. The van der Waals surface area contributed by atoms with Crippen molar-refractivity contribution >= 4 is 47.2 Å². The van der Waals surface area contributed by atoms with Gasteiger partial charge in [-0.25, -0.2) is 9.78 Å². The number of carbonyl (C=O) groups is 1. The molecule has 154 valence electrons. The Morgan fingerprint density at radius 3 is 2.54 bits per heavy atom. The summed E-state index contributed by atoms with van der Waals surface area (Å²) in [6.45, 7) is 5.41. The number of ether oxygens (including phenoxy) is 2. The number of guanidine groups is 1. The molecule has 28 heavy (non-hydrogen) atoms. The zero-order chi connectivity index (χ0) is 19.8. The largest absolute Gasteiger partial charge is 0.496 e. The van der Waals surface area contributed by atoms with Crippen LogP contribution in [-0.4, -0.2) is 38.2 Å². The summed E-state index contributed by atoms with van der Waals surface area (Å²) in [4.78, 5) is 20.6. The Labute approximate surface area is 187 Å². The first-order valence-corrected chi connectivity index (χ1v) is 9.50. The van der Waals surface area contributed by atoms with E-state index >= 15 is 0 Å². The summed E-state index contributed by atoms with van der Waals surface area (Å²) < 4.78 is 10.0. The summed E-state index contributed by atoms with van der Waals surface area (Å²) in [5.74, 6) is 1.16. The third-order valence-electron chi connectivity index (χ3n) is 3.92. The number of hydrogen-bond acceptors (Lipinski definition) is 6. The number of aliphatic imine (C=N–C) groups is 1. The zero-order valence-electron chi connectivity index (χ0n) is 16.7. The Bertz CT molecular complexity index is 808. The molecule has 2 N–H and O–H groups in total. The van der Waals surface area contributed by atoms with Crippen molar-refractivity contribution in [3.63, 3.8) is 0 Å². The minimum atomic E-state index is -0.423. The fourth-order valence-electron chi connectivity index (χ4n) is 2.36. The van der Waals surface area contributed by atoms with E-state index in [1.165, 1.54) is 14.2 Å². The van der Waals surface area contributed by atoms with Crippen molar-refractivity contribution in [1.29, 1.82) is 0 Å². The number of halogens is 1. The Morgan fingerprint density at radius 2 is 1.96 bits per heavy atom. The van der Waals surface area contributed by atoms with Gasteiger partial charge >= 0.3 is 5.97 Å². The number of rotatable bonds is 7. The van der Waals surface area contributed by atoms with Gasteiger partial charge in [-0.1, -0.05) is 19.9 Å². The second-order valence-electron chi connectivity index (χ2n) is 6.13. The molecule has 2 aromatic rings. The van der Waals surface area contributed by atoms with Crippen molar-refractivity contribution in [2.45, 2.75) is 32.9 Å². The Kier molecular flexibility index (Phi) is 10.2. The van der Waals surface area contributed by atoms with Crippen LogP contribution in [0.3, 0.4) is 0 Å². The smallest absolute Gasteiger partial charge is 0.341 e. The van der Waals surface area contributed by atoms with Crippen molar-refractivity contribution in [2.24, 2.45) is 4.99 Å². The molecule has 9 heteroatoms. The minimum Gasteiger partial charge on any atom is -0.496 e. The number of esters is 1. The number of aromatic nitrogens is 1. The molecule has 0 radical (unpaired) electrons. The van der Waals surface area contributed by atoms with Crippen LogP contribution in [0.1, 0.15) is 46.4 Å². The summed E-state index contributed by atoms with van der Waals surface area (Å²) in [7, 11) is 4.59. The van der Waals surface area contributed by atoms with Gasteiger partial charge in [-0.05, 0) is 23.6 Å². The molecule has 1 aromatic heterocycles. The maximum atomic E-state index is 11.7. The lowest BCUT2D eigenvalue weighted by molar-refractivity contribution is 0.0597. The molecular weight excluding hydrogens is 491 g/mol. The lowest BCUT2D eigenvalue weighted by atomic mass is 10.1. The molecule has 0 aliphatic rings. The van der Waals surface area contributed by atoms with Gasteiger partial charge in [-0.3, -0.25) is 4.99 Å². The molecule has 0 fully saturated rings. The SMILES string of the molecule is CN=C(NCc1ccc(C(=O)OC)c(OC)c1)NCc1nc(C(C)C)cs1.I. The molecule has 0 unspecified atom stereocenters. The predicted molar refractivity (Wildman–Crippen MR) is 123 cm³/mol. The first-order chi connectivity index (χ1) is 13.0. The van der Waals surface area contributed by atoms with Crippen molar-refractivity contribution in [3.05, 3.63) is 45.4 Å². The molecule has 1 heterocycles. The van der Waals surface area contributed by atoms with Crippen LogP contribution in [-0.2, 0) is 17.8 Å². The number of methoxy groups -OCH3 is 2. The van der Waals surface area contributed by atoms with Gasteiger partial charge in [-0.15, -0.1) is 35.3 Å². The van der Waals surface area contributed by atoms with Crippen LogP contribution in [0.25, 0.3) is 0 Å². The van der Waals surface area contributed by atoms with Gasteiger partial charge in [-0.2, -0.15) is 0 Å². The molecule has 0 saturated heterocycles. The summed E-state index contributed by atoms with van der Waals surface area (Å²) >= 11 is 1.64. The maximum absolute atomic E-state index is 11.7. The fourth-order valence-corrected chi connectivity index (χ4v) is 3.26. The van der Waals surface area contributed by atoms with E-state index in [0.717, 1.165) is 16.3 Å². The molecule has 0 amide bonds.